The van der Waals surface area contributed by atoms with E-state index in [1.54, 1.807) is 13.2 Å². The van der Waals surface area contributed by atoms with Crippen molar-refractivity contribution in [2.24, 2.45) is 0 Å². The number of nitrogens with zero attached hydrogens (tertiary/aromatic N) is 4. The molecule has 0 bridgehead atoms. The Morgan fingerprint density at radius 2 is 1.76 bits per heavy atom. The first-order valence-electron chi connectivity index (χ1n) is 18.1. The second-order valence-corrected chi connectivity index (χ2v) is 16.5. The number of fused-ring (bicyclic) bond motifs is 9. The highest BCUT2D eigenvalue weighted by molar-refractivity contribution is 7.87. The number of amides is 2. The number of hydrogen-bond acceptors (Lipinski definition) is 7. The summed E-state index contributed by atoms with van der Waals surface area (Å²) in [6.07, 6.45) is 9.72. The van der Waals surface area contributed by atoms with Crippen molar-refractivity contribution in [3.05, 3.63) is 53.1 Å². The minimum Gasteiger partial charge on any atom is -0.497 e. The minimum absolute atomic E-state index is 0.0251. The van der Waals surface area contributed by atoms with E-state index >= 15 is 4.79 Å². The van der Waals surface area contributed by atoms with Crippen LogP contribution in [0.3, 0.4) is 0 Å². The highest BCUT2D eigenvalue weighted by Crippen LogP contribution is 2.67. The number of methoxy groups -OCH3 is 1. The summed E-state index contributed by atoms with van der Waals surface area (Å²) in [5.74, 6) is 0.561. The molecule has 11 nitrogen and oxygen atoms in total. The van der Waals surface area contributed by atoms with Crippen LogP contribution in [0.2, 0.25) is 0 Å². The molecule has 2 unspecified atom stereocenters. The van der Waals surface area contributed by atoms with Crippen molar-refractivity contribution in [3.63, 3.8) is 0 Å². The van der Waals surface area contributed by atoms with Crippen molar-refractivity contribution in [1.29, 1.82) is 0 Å². The third-order valence-corrected chi connectivity index (χ3v) is 13.8. The largest absolute Gasteiger partial charge is 0.497 e. The summed E-state index contributed by atoms with van der Waals surface area (Å²) in [5, 5.41) is 1.05. The number of morpholine rings is 1. The minimum atomic E-state index is -4.04. The number of hydrogen-bond donors (Lipinski definition) is 1. The molecule has 3 aromatic rings. The van der Waals surface area contributed by atoms with Gasteiger partial charge in [-0.2, -0.15) is 12.7 Å². The smallest absolute Gasteiger partial charge is 0.304 e. The Morgan fingerprint density at radius 1 is 0.939 bits per heavy atom. The van der Waals surface area contributed by atoms with Crippen molar-refractivity contribution in [2.45, 2.75) is 81.2 Å². The lowest BCUT2D eigenvalue weighted by Gasteiger charge is -2.41. The molecule has 12 heteroatoms. The van der Waals surface area contributed by atoms with E-state index in [0.717, 1.165) is 78.7 Å². The SMILES string of the molecule is COc1ccc2c(c1)C1CC1(C(=O)N1CC[C@@H]3CCCN3C1)n1c-2c(C2CCCCC2)c2ccc(C(=O)NS(=O)(=O)N3CCOCC3)cc21. The topological polar surface area (TPSA) is 113 Å². The fourth-order valence-corrected chi connectivity index (χ4v) is 10.9. The van der Waals surface area contributed by atoms with Gasteiger partial charge in [-0.05, 0) is 85.9 Å². The molecule has 6 aliphatic rings. The fourth-order valence-electron chi connectivity index (χ4n) is 9.78. The van der Waals surface area contributed by atoms with Gasteiger partial charge in [-0.1, -0.05) is 25.3 Å². The van der Waals surface area contributed by atoms with E-state index in [1.165, 1.54) is 29.1 Å². The number of carbonyl (C=O) groups is 2. The van der Waals surface area contributed by atoms with E-state index in [9.17, 15) is 13.2 Å². The molecular weight excluding hydrogens is 643 g/mol. The van der Waals surface area contributed by atoms with E-state index in [4.69, 9.17) is 9.47 Å². The maximum atomic E-state index is 15.1. The number of ether oxygens (including phenoxy) is 2. The normalized spacial score (nSPS) is 27.2. The van der Waals surface area contributed by atoms with Gasteiger partial charge in [0, 0.05) is 54.7 Å². The van der Waals surface area contributed by atoms with Crippen LogP contribution in [0.5, 0.6) is 5.75 Å². The standard InChI is InChI=1S/C37H45N5O6S/c1-47-27-10-12-28-30(21-27)31-22-37(31,36(44)40-15-13-26-8-5-14-39(26)23-40)42-32-20-25(35(43)38-49(45,46)41-16-18-48-19-17-41)9-11-29(32)33(34(28)42)24-6-3-2-4-7-24/h9-12,20-21,24,26,31H,2-8,13-19,22-23H2,1H3,(H,38,43)/t26-,31?,37?/m0/s1. The van der Waals surface area contributed by atoms with Crippen LogP contribution in [0.1, 0.15) is 91.1 Å². The maximum Gasteiger partial charge on any atom is 0.304 e. The first kappa shape index (κ1) is 31.5. The molecule has 49 heavy (non-hydrogen) atoms. The highest BCUT2D eigenvalue weighted by Gasteiger charge is 2.67. The molecule has 9 rings (SSSR count). The number of rotatable bonds is 6. The quantitative estimate of drug-likeness (QED) is 0.406. The third kappa shape index (κ3) is 4.96. The number of nitrogens with one attached hydrogen (secondary N) is 1. The number of benzene rings is 2. The summed E-state index contributed by atoms with van der Waals surface area (Å²) < 4.78 is 43.3. The van der Waals surface area contributed by atoms with Crippen molar-refractivity contribution in [1.82, 2.24) is 23.4 Å². The van der Waals surface area contributed by atoms with Gasteiger partial charge in [-0.25, -0.2) is 4.72 Å². The van der Waals surface area contributed by atoms with E-state index in [0.29, 0.717) is 38.3 Å². The van der Waals surface area contributed by atoms with Crippen LogP contribution in [0.15, 0.2) is 36.4 Å². The molecule has 2 amide bonds. The zero-order valence-electron chi connectivity index (χ0n) is 28.2. The highest BCUT2D eigenvalue weighted by atomic mass is 32.2. The van der Waals surface area contributed by atoms with Gasteiger partial charge in [-0.15, -0.1) is 0 Å². The van der Waals surface area contributed by atoms with E-state index in [2.05, 4.69) is 31.2 Å². The van der Waals surface area contributed by atoms with E-state index < -0.39 is 21.7 Å². The van der Waals surface area contributed by atoms with Crippen LogP contribution in [0.4, 0.5) is 0 Å². The molecule has 4 aliphatic heterocycles. The molecule has 5 heterocycles. The van der Waals surface area contributed by atoms with Gasteiger partial charge in [0.1, 0.15) is 11.3 Å². The van der Waals surface area contributed by atoms with Crippen LogP contribution >= 0.6 is 0 Å². The van der Waals surface area contributed by atoms with Gasteiger partial charge < -0.3 is 18.9 Å². The summed E-state index contributed by atoms with van der Waals surface area (Å²) in [5.41, 5.74) is 4.90. The zero-order chi connectivity index (χ0) is 33.5. The molecule has 2 saturated carbocycles. The van der Waals surface area contributed by atoms with Crippen LogP contribution < -0.4 is 9.46 Å². The zero-order valence-corrected chi connectivity index (χ0v) is 29.0. The van der Waals surface area contributed by atoms with Gasteiger partial charge in [0.25, 0.3) is 11.8 Å². The van der Waals surface area contributed by atoms with Gasteiger partial charge in [0.05, 0.1) is 38.2 Å². The predicted octanol–water partition coefficient (Wildman–Crippen LogP) is 4.52. The molecule has 2 aliphatic carbocycles. The third-order valence-electron chi connectivity index (χ3n) is 12.3. The monoisotopic (exact) mass is 687 g/mol. The second-order valence-electron chi connectivity index (χ2n) is 14.9. The summed E-state index contributed by atoms with van der Waals surface area (Å²) in [6, 6.07) is 12.4. The van der Waals surface area contributed by atoms with Crippen molar-refractivity contribution >= 4 is 32.9 Å². The Morgan fingerprint density at radius 3 is 2.55 bits per heavy atom. The average molecular weight is 688 g/mol. The molecule has 3 atom stereocenters. The molecule has 3 saturated heterocycles. The lowest BCUT2D eigenvalue weighted by Crippen LogP contribution is -2.54. The van der Waals surface area contributed by atoms with Crippen molar-refractivity contribution in [3.8, 4) is 17.0 Å². The molecule has 0 spiro atoms. The van der Waals surface area contributed by atoms with Gasteiger partial charge >= 0.3 is 10.2 Å². The Labute approximate surface area is 287 Å². The van der Waals surface area contributed by atoms with Crippen LogP contribution in [-0.2, 0) is 25.3 Å². The summed E-state index contributed by atoms with van der Waals surface area (Å²) in [6.45, 7) is 3.41. The lowest BCUT2D eigenvalue weighted by atomic mass is 9.80. The average Bonchev–Trinajstić information content (AvgIpc) is 3.55. The molecule has 2 aromatic carbocycles. The van der Waals surface area contributed by atoms with Gasteiger partial charge in [0.2, 0.25) is 0 Å². The van der Waals surface area contributed by atoms with Crippen LogP contribution in [0, 0.1) is 0 Å². The molecule has 1 N–H and O–H groups in total. The second kappa shape index (κ2) is 11.8. The lowest BCUT2D eigenvalue weighted by molar-refractivity contribution is -0.141. The first-order valence-corrected chi connectivity index (χ1v) is 19.5. The molecule has 0 radical (unpaired) electrons. The Balaban J connectivity index is 1.20. The Kier molecular flexibility index (Phi) is 7.60. The maximum absolute atomic E-state index is 15.1. The van der Waals surface area contributed by atoms with Gasteiger partial charge in [-0.3, -0.25) is 14.5 Å². The van der Waals surface area contributed by atoms with Crippen molar-refractivity contribution in [2.75, 3.05) is 53.2 Å². The van der Waals surface area contributed by atoms with Crippen LogP contribution in [-0.4, -0.2) is 98.1 Å². The van der Waals surface area contributed by atoms with Crippen molar-refractivity contribution < 1.29 is 27.5 Å². The molecule has 260 valence electrons. The number of carbonyl (C=O) groups excluding carboxylic acids is 2. The van der Waals surface area contributed by atoms with E-state index in [1.807, 2.05) is 18.2 Å². The summed E-state index contributed by atoms with van der Waals surface area (Å²) in [4.78, 5) is 33.4. The molecule has 1 aromatic heterocycles. The Bertz CT molecular complexity index is 1950. The van der Waals surface area contributed by atoms with Gasteiger partial charge in [0.15, 0.2) is 0 Å². The molecule has 5 fully saturated rings. The first-order chi connectivity index (χ1) is 23.8. The predicted molar refractivity (Wildman–Crippen MR) is 185 cm³/mol. The summed E-state index contributed by atoms with van der Waals surface area (Å²) >= 11 is 0. The molecular formula is C37H45N5O6S. The van der Waals surface area contributed by atoms with E-state index in [-0.39, 0.29) is 30.5 Å². The fraction of sp³-hybridized carbons (Fsp3) is 0.568. The summed E-state index contributed by atoms with van der Waals surface area (Å²) in [7, 11) is -2.35. The Hall–Kier alpha value is -3.45. The number of aromatic nitrogens is 1. The van der Waals surface area contributed by atoms with Crippen LogP contribution in [0.25, 0.3) is 22.2 Å².